The summed E-state index contributed by atoms with van der Waals surface area (Å²) < 4.78 is 57.3. The summed E-state index contributed by atoms with van der Waals surface area (Å²) in [6.07, 6.45) is -4.45. The standard InChI is InChI=1S/C19H14F4N2O2S/c1-27-13-5-6-14(15(20)8-13)18-25-16(10-28-18)17(26)24-9-11-3-2-4-12(7-11)19(21,22)23/h2-8,10H,9H2,1H3,(H,24,26). The number of amides is 1. The number of nitrogens with zero attached hydrogens (tertiary/aromatic N) is 1. The molecule has 0 saturated heterocycles. The van der Waals surface area contributed by atoms with Gasteiger partial charge in [0.2, 0.25) is 0 Å². The van der Waals surface area contributed by atoms with Crippen LogP contribution in [-0.4, -0.2) is 18.0 Å². The topological polar surface area (TPSA) is 51.2 Å². The Hall–Kier alpha value is -2.94. The van der Waals surface area contributed by atoms with Gasteiger partial charge in [-0.25, -0.2) is 9.37 Å². The Morgan fingerprint density at radius 1 is 1.21 bits per heavy atom. The van der Waals surface area contributed by atoms with Gasteiger partial charge in [-0.3, -0.25) is 4.79 Å². The quantitative estimate of drug-likeness (QED) is 0.609. The minimum absolute atomic E-state index is 0.0576. The molecule has 28 heavy (non-hydrogen) atoms. The summed E-state index contributed by atoms with van der Waals surface area (Å²) in [7, 11) is 1.42. The fourth-order valence-electron chi connectivity index (χ4n) is 2.43. The van der Waals surface area contributed by atoms with Gasteiger partial charge in [0.05, 0.1) is 12.7 Å². The lowest BCUT2D eigenvalue weighted by atomic mass is 10.1. The highest BCUT2D eigenvalue weighted by Crippen LogP contribution is 2.30. The lowest BCUT2D eigenvalue weighted by Gasteiger charge is -2.09. The largest absolute Gasteiger partial charge is 0.497 e. The Bertz CT molecular complexity index is 1000. The predicted molar refractivity (Wildman–Crippen MR) is 96.7 cm³/mol. The van der Waals surface area contributed by atoms with Crippen LogP contribution in [0.3, 0.4) is 0 Å². The van der Waals surface area contributed by atoms with Gasteiger partial charge >= 0.3 is 6.18 Å². The first kappa shape index (κ1) is 19.8. The number of aromatic nitrogens is 1. The Morgan fingerprint density at radius 3 is 2.68 bits per heavy atom. The van der Waals surface area contributed by atoms with Gasteiger partial charge in [0.15, 0.2) is 0 Å². The highest BCUT2D eigenvalue weighted by Gasteiger charge is 2.30. The molecule has 2 aromatic carbocycles. The lowest BCUT2D eigenvalue weighted by molar-refractivity contribution is -0.137. The highest BCUT2D eigenvalue weighted by molar-refractivity contribution is 7.13. The molecule has 3 rings (SSSR count). The van der Waals surface area contributed by atoms with Gasteiger partial charge in [0.1, 0.15) is 22.3 Å². The van der Waals surface area contributed by atoms with Crippen LogP contribution in [0, 0.1) is 5.82 Å². The fraction of sp³-hybridized carbons (Fsp3) is 0.158. The molecule has 0 unspecified atom stereocenters. The summed E-state index contributed by atoms with van der Waals surface area (Å²) in [5, 5.41) is 4.28. The van der Waals surface area contributed by atoms with Crippen LogP contribution < -0.4 is 10.1 Å². The SMILES string of the molecule is COc1ccc(-c2nc(C(=O)NCc3cccc(C(F)(F)F)c3)cs2)c(F)c1. The van der Waals surface area contributed by atoms with Gasteiger partial charge in [-0.2, -0.15) is 13.2 Å². The molecule has 1 heterocycles. The van der Waals surface area contributed by atoms with Gasteiger partial charge in [-0.1, -0.05) is 12.1 Å². The molecule has 1 amide bonds. The number of ether oxygens (including phenoxy) is 1. The van der Waals surface area contributed by atoms with E-state index in [1.807, 2.05) is 0 Å². The van der Waals surface area contributed by atoms with Gasteiger partial charge in [-0.05, 0) is 29.8 Å². The number of hydrogen-bond donors (Lipinski definition) is 1. The van der Waals surface area contributed by atoms with Crippen LogP contribution in [0.2, 0.25) is 0 Å². The molecule has 1 aromatic heterocycles. The molecule has 3 aromatic rings. The van der Waals surface area contributed by atoms with Crippen molar-refractivity contribution in [2.75, 3.05) is 7.11 Å². The van der Waals surface area contributed by atoms with E-state index >= 15 is 0 Å². The van der Waals surface area contributed by atoms with Crippen LogP contribution in [0.15, 0.2) is 47.8 Å². The lowest BCUT2D eigenvalue weighted by Crippen LogP contribution is -2.23. The first-order valence-corrected chi connectivity index (χ1v) is 8.89. The maximum atomic E-state index is 14.1. The van der Waals surface area contributed by atoms with E-state index in [1.54, 1.807) is 6.07 Å². The Kier molecular flexibility index (Phi) is 5.64. The first-order chi connectivity index (χ1) is 13.3. The van der Waals surface area contributed by atoms with Crippen LogP contribution in [-0.2, 0) is 12.7 Å². The molecule has 0 saturated carbocycles. The van der Waals surface area contributed by atoms with Crippen molar-refractivity contribution in [2.45, 2.75) is 12.7 Å². The van der Waals surface area contributed by atoms with Crippen LogP contribution in [0.1, 0.15) is 21.6 Å². The molecule has 0 radical (unpaired) electrons. The zero-order valence-electron chi connectivity index (χ0n) is 14.5. The normalized spacial score (nSPS) is 11.3. The maximum absolute atomic E-state index is 14.1. The zero-order chi connectivity index (χ0) is 20.3. The van der Waals surface area contributed by atoms with Crippen molar-refractivity contribution in [3.63, 3.8) is 0 Å². The van der Waals surface area contributed by atoms with Gasteiger partial charge in [0.25, 0.3) is 5.91 Å². The van der Waals surface area contributed by atoms with Crippen molar-refractivity contribution in [2.24, 2.45) is 0 Å². The molecule has 0 bridgehead atoms. The Balaban J connectivity index is 1.70. The zero-order valence-corrected chi connectivity index (χ0v) is 15.3. The molecular formula is C19H14F4N2O2S. The fourth-order valence-corrected chi connectivity index (χ4v) is 3.26. The second-order valence-electron chi connectivity index (χ2n) is 5.76. The molecular weight excluding hydrogens is 396 g/mol. The van der Waals surface area contributed by atoms with E-state index in [1.165, 1.54) is 36.8 Å². The molecule has 0 aliphatic rings. The van der Waals surface area contributed by atoms with E-state index in [4.69, 9.17) is 4.74 Å². The molecule has 0 aliphatic carbocycles. The number of rotatable bonds is 5. The third-order valence-electron chi connectivity index (χ3n) is 3.85. The minimum Gasteiger partial charge on any atom is -0.497 e. The van der Waals surface area contributed by atoms with E-state index in [-0.39, 0.29) is 17.8 Å². The number of thiazole rings is 1. The number of carbonyl (C=O) groups excluding carboxylic acids is 1. The van der Waals surface area contributed by atoms with Gasteiger partial charge in [0, 0.05) is 23.6 Å². The Labute approximate surface area is 161 Å². The number of carbonyl (C=O) groups is 1. The van der Waals surface area contributed by atoms with Crippen LogP contribution >= 0.6 is 11.3 Å². The van der Waals surface area contributed by atoms with Gasteiger partial charge < -0.3 is 10.1 Å². The third kappa shape index (κ3) is 4.48. The monoisotopic (exact) mass is 410 g/mol. The first-order valence-electron chi connectivity index (χ1n) is 8.01. The number of halogens is 4. The van der Waals surface area contributed by atoms with E-state index in [0.717, 1.165) is 23.5 Å². The van der Waals surface area contributed by atoms with Crippen molar-refractivity contribution in [3.05, 3.63) is 70.5 Å². The second kappa shape index (κ2) is 7.97. The van der Waals surface area contributed by atoms with Gasteiger partial charge in [-0.15, -0.1) is 11.3 Å². The summed E-state index contributed by atoms with van der Waals surface area (Å²) in [5.74, 6) is -0.740. The van der Waals surface area contributed by atoms with E-state index in [2.05, 4.69) is 10.3 Å². The molecule has 0 atom stereocenters. The molecule has 1 N–H and O–H groups in total. The Morgan fingerprint density at radius 2 is 2.00 bits per heavy atom. The van der Waals surface area contributed by atoms with E-state index in [9.17, 15) is 22.4 Å². The number of hydrogen-bond acceptors (Lipinski definition) is 4. The molecule has 0 spiro atoms. The number of nitrogens with one attached hydrogen (secondary N) is 1. The maximum Gasteiger partial charge on any atom is 0.416 e. The summed E-state index contributed by atoms with van der Waals surface area (Å²) >= 11 is 1.08. The summed E-state index contributed by atoms with van der Waals surface area (Å²) in [4.78, 5) is 16.3. The van der Waals surface area contributed by atoms with Crippen LogP contribution in [0.25, 0.3) is 10.6 Å². The molecule has 4 nitrogen and oxygen atoms in total. The minimum atomic E-state index is -4.45. The predicted octanol–water partition coefficient (Wildman–Crippen LogP) is 4.91. The second-order valence-corrected chi connectivity index (χ2v) is 6.62. The average Bonchev–Trinajstić information content (AvgIpc) is 3.15. The van der Waals surface area contributed by atoms with Crippen molar-refractivity contribution >= 4 is 17.2 Å². The third-order valence-corrected chi connectivity index (χ3v) is 4.73. The van der Waals surface area contributed by atoms with Crippen molar-refractivity contribution in [3.8, 4) is 16.3 Å². The van der Waals surface area contributed by atoms with E-state index in [0.29, 0.717) is 16.3 Å². The van der Waals surface area contributed by atoms with Crippen molar-refractivity contribution < 1.29 is 27.1 Å². The number of alkyl halides is 3. The van der Waals surface area contributed by atoms with Crippen LogP contribution in [0.5, 0.6) is 5.75 Å². The summed E-state index contributed by atoms with van der Waals surface area (Å²) in [5.41, 5.74) is -0.199. The van der Waals surface area contributed by atoms with Crippen LogP contribution in [0.4, 0.5) is 17.6 Å². The van der Waals surface area contributed by atoms with E-state index < -0.39 is 23.5 Å². The molecule has 146 valence electrons. The summed E-state index contributed by atoms with van der Waals surface area (Å²) in [6.45, 7) is -0.0908. The highest BCUT2D eigenvalue weighted by atomic mass is 32.1. The molecule has 0 aliphatic heterocycles. The number of benzene rings is 2. The molecule has 9 heteroatoms. The molecule has 0 fully saturated rings. The van der Waals surface area contributed by atoms with Crippen molar-refractivity contribution in [1.29, 1.82) is 0 Å². The number of methoxy groups -OCH3 is 1. The smallest absolute Gasteiger partial charge is 0.416 e. The summed E-state index contributed by atoms with van der Waals surface area (Å²) in [6, 6.07) is 8.97. The van der Waals surface area contributed by atoms with Crippen molar-refractivity contribution in [1.82, 2.24) is 10.3 Å². The average molecular weight is 410 g/mol.